The van der Waals surface area contributed by atoms with Crippen LogP contribution in [0.4, 0.5) is 0 Å². The Labute approximate surface area is 96.3 Å². The zero-order valence-corrected chi connectivity index (χ0v) is 9.17. The molecule has 0 unspecified atom stereocenters. The summed E-state index contributed by atoms with van der Waals surface area (Å²) in [5.74, 6) is -0.924. The molecule has 0 bridgehead atoms. The summed E-state index contributed by atoms with van der Waals surface area (Å²) in [5.41, 5.74) is 4.90. The summed E-state index contributed by atoms with van der Waals surface area (Å²) in [6.07, 6.45) is 1.81. The number of aryl methyl sites for hydroxylation is 1. The minimum absolute atomic E-state index is 0.115. The predicted molar refractivity (Wildman–Crippen MR) is 61.0 cm³/mol. The number of aromatic nitrogens is 2. The molecule has 0 atom stereocenters. The Bertz CT molecular complexity index is 661. The first-order chi connectivity index (χ1) is 8.06. The number of fused-ring (bicyclic) bond motifs is 1. The Morgan fingerprint density at radius 2 is 2.29 bits per heavy atom. The number of carbonyl (C=O) groups excluding carboxylic acids is 1. The molecule has 17 heavy (non-hydrogen) atoms. The third-order valence-corrected chi connectivity index (χ3v) is 2.49. The standard InChI is InChI=1S/C11H11N3O3/c1-2-6-8(9(12)16)11(17)14-5-3-4-7(15)10(14)13-6/h3-5,15H,2H2,1H3,(H2,12,16). The van der Waals surface area contributed by atoms with Gasteiger partial charge in [-0.3, -0.25) is 14.0 Å². The van der Waals surface area contributed by atoms with Gasteiger partial charge in [-0.05, 0) is 18.6 Å². The first-order valence-electron chi connectivity index (χ1n) is 5.09. The van der Waals surface area contributed by atoms with Crippen LogP contribution in [0.3, 0.4) is 0 Å². The second-order valence-corrected chi connectivity index (χ2v) is 3.54. The first-order valence-corrected chi connectivity index (χ1v) is 5.09. The topological polar surface area (TPSA) is 97.7 Å². The second kappa shape index (κ2) is 3.89. The highest BCUT2D eigenvalue weighted by Crippen LogP contribution is 2.15. The summed E-state index contributed by atoms with van der Waals surface area (Å²) in [6, 6.07) is 2.91. The fraction of sp³-hybridized carbons (Fsp3) is 0.182. The maximum atomic E-state index is 12.0. The maximum Gasteiger partial charge on any atom is 0.271 e. The zero-order valence-electron chi connectivity index (χ0n) is 9.17. The summed E-state index contributed by atoms with van der Waals surface area (Å²) in [6.45, 7) is 1.75. The third-order valence-electron chi connectivity index (χ3n) is 2.49. The molecule has 0 spiro atoms. The molecule has 0 saturated heterocycles. The summed E-state index contributed by atoms with van der Waals surface area (Å²) in [4.78, 5) is 27.3. The van der Waals surface area contributed by atoms with E-state index in [0.717, 1.165) is 4.40 Å². The summed E-state index contributed by atoms with van der Waals surface area (Å²) in [5, 5.41) is 9.61. The van der Waals surface area contributed by atoms with Crippen LogP contribution in [0.2, 0.25) is 0 Å². The molecular formula is C11H11N3O3. The molecule has 0 aromatic carbocycles. The van der Waals surface area contributed by atoms with Gasteiger partial charge >= 0.3 is 0 Å². The van der Waals surface area contributed by atoms with Crippen molar-refractivity contribution in [3.8, 4) is 5.75 Å². The Morgan fingerprint density at radius 3 is 2.88 bits per heavy atom. The van der Waals surface area contributed by atoms with E-state index in [2.05, 4.69) is 4.98 Å². The fourth-order valence-corrected chi connectivity index (χ4v) is 1.69. The van der Waals surface area contributed by atoms with E-state index < -0.39 is 11.5 Å². The largest absolute Gasteiger partial charge is 0.504 e. The fourth-order valence-electron chi connectivity index (χ4n) is 1.69. The van der Waals surface area contributed by atoms with Crippen molar-refractivity contribution < 1.29 is 9.90 Å². The van der Waals surface area contributed by atoms with Gasteiger partial charge in [0, 0.05) is 6.20 Å². The van der Waals surface area contributed by atoms with Gasteiger partial charge in [-0.25, -0.2) is 4.98 Å². The van der Waals surface area contributed by atoms with E-state index in [1.54, 1.807) is 6.92 Å². The van der Waals surface area contributed by atoms with Crippen molar-refractivity contribution in [2.45, 2.75) is 13.3 Å². The molecule has 0 aliphatic heterocycles. The van der Waals surface area contributed by atoms with E-state index in [0.29, 0.717) is 12.1 Å². The number of pyridine rings is 1. The van der Waals surface area contributed by atoms with Gasteiger partial charge in [0.25, 0.3) is 11.5 Å². The molecule has 3 N–H and O–H groups in total. The molecule has 0 saturated carbocycles. The Kier molecular flexibility index (Phi) is 2.55. The van der Waals surface area contributed by atoms with Crippen LogP contribution in [0, 0.1) is 0 Å². The summed E-state index contributed by atoms with van der Waals surface area (Å²) < 4.78 is 1.11. The average molecular weight is 233 g/mol. The van der Waals surface area contributed by atoms with Crippen LogP contribution in [-0.2, 0) is 6.42 Å². The maximum absolute atomic E-state index is 12.0. The lowest BCUT2D eigenvalue weighted by molar-refractivity contribution is 0.0997. The number of rotatable bonds is 2. The van der Waals surface area contributed by atoms with E-state index in [4.69, 9.17) is 5.73 Å². The van der Waals surface area contributed by atoms with Crippen molar-refractivity contribution in [2.75, 3.05) is 0 Å². The van der Waals surface area contributed by atoms with Gasteiger partial charge in [0.05, 0.1) is 5.69 Å². The highest BCUT2D eigenvalue weighted by molar-refractivity contribution is 5.93. The number of nitrogens with two attached hydrogens (primary N) is 1. The summed E-state index contributed by atoms with van der Waals surface area (Å²) >= 11 is 0. The molecule has 0 aliphatic rings. The van der Waals surface area contributed by atoms with Gasteiger partial charge in [0.1, 0.15) is 5.56 Å². The number of aromatic hydroxyl groups is 1. The van der Waals surface area contributed by atoms with Gasteiger partial charge in [0.15, 0.2) is 11.4 Å². The van der Waals surface area contributed by atoms with Crippen LogP contribution in [0.5, 0.6) is 5.75 Å². The van der Waals surface area contributed by atoms with Gasteiger partial charge < -0.3 is 10.8 Å². The van der Waals surface area contributed by atoms with Gasteiger partial charge in [-0.1, -0.05) is 6.92 Å². The van der Waals surface area contributed by atoms with Crippen molar-refractivity contribution in [2.24, 2.45) is 5.73 Å². The quantitative estimate of drug-likeness (QED) is 0.766. The lowest BCUT2D eigenvalue weighted by Gasteiger charge is -2.07. The van der Waals surface area contributed by atoms with Crippen molar-refractivity contribution in [1.29, 1.82) is 0 Å². The number of carbonyl (C=O) groups is 1. The Hall–Kier alpha value is -2.37. The van der Waals surface area contributed by atoms with E-state index in [1.165, 1.54) is 18.3 Å². The molecule has 0 radical (unpaired) electrons. The van der Waals surface area contributed by atoms with Gasteiger partial charge in [-0.15, -0.1) is 0 Å². The minimum Gasteiger partial charge on any atom is -0.504 e. The molecule has 6 heteroatoms. The van der Waals surface area contributed by atoms with Crippen LogP contribution < -0.4 is 11.3 Å². The normalized spacial score (nSPS) is 10.6. The minimum atomic E-state index is -0.808. The van der Waals surface area contributed by atoms with Crippen LogP contribution in [-0.4, -0.2) is 20.4 Å². The molecule has 0 fully saturated rings. The number of primary amides is 1. The van der Waals surface area contributed by atoms with Crippen LogP contribution in [0.25, 0.3) is 5.65 Å². The van der Waals surface area contributed by atoms with E-state index in [1.807, 2.05) is 0 Å². The van der Waals surface area contributed by atoms with Crippen LogP contribution in [0.15, 0.2) is 23.1 Å². The monoisotopic (exact) mass is 233 g/mol. The van der Waals surface area contributed by atoms with E-state index in [9.17, 15) is 14.7 Å². The highest BCUT2D eigenvalue weighted by atomic mass is 16.3. The van der Waals surface area contributed by atoms with Crippen molar-refractivity contribution in [1.82, 2.24) is 9.38 Å². The molecule has 2 aromatic heterocycles. The second-order valence-electron chi connectivity index (χ2n) is 3.54. The van der Waals surface area contributed by atoms with Gasteiger partial charge in [0.2, 0.25) is 0 Å². The van der Waals surface area contributed by atoms with E-state index >= 15 is 0 Å². The number of amides is 1. The highest BCUT2D eigenvalue weighted by Gasteiger charge is 2.17. The zero-order chi connectivity index (χ0) is 12.6. The van der Waals surface area contributed by atoms with Crippen molar-refractivity contribution in [3.05, 3.63) is 39.9 Å². The van der Waals surface area contributed by atoms with Crippen LogP contribution in [0.1, 0.15) is 23.0 Å². The number of hydrogen-bond acceptors (Lipinski definition) is 4. The Morgan fingerprint density at radius 1 is 1.59 bits per heavy atom. The molecule has 2 heterocycles. The third kappa shape index (κ3) is 1.63. The average Bonchev–Trinajstić information content (AvgIpc) is 2.29. The van der Waals surface area contributed by atoms with Crippen molar-refractivity contribution >= 4 is 11.6 Å². The lowest BCUT2D eigenvalue weighted by atomic mass is 10.1. The smallest absolute Gasteiger partial charge is 0.271 e. The molecule has 88 valence electrons. The van der Waals surface area contributed by atoms with Crippen molar-refractivity contribution in [3.63, 3.8) is 0 Å². The molecular weight excluding hydrogens is 222 g/mol. The lowest BCUT2D eigenvalue weighted by Crippen LogP contribution is -2.29. The summed E-state index contributed by atoms with van der Waals surface area (Å²) in [7, 11) is 0. The molecule has 6 nitrogen and oxygen atoms in total. The molecule has 2 aromatic rings. The SMILES string of the molecule is CCc1nc2c(O)cccn2c(=O)c1C(N)=O. The molecule has 0 aliphatic carbocycles. The molecule has 2 rings (SSSR count). The molecule has 1 amide bonds. The van der Waals surface area contributed by atoms with Crippen LogP contribution >= 0.6 is 0 Å². The number of hydrogen-bond donors (Lipinski definition) is 2. The Balaban J connectivity index is 2.99. The predicted octanol–water partition coefficient (Wildman–Crippen LogP) is 0.0614. The van der Waals surface area contributed by atoms with E-state index in [-0.39, 0.29) is 17.0 Å². The van der Waals surface area contributed by atoms with Gasteiger partial charge in [-0.2, -0.15) is 0 Å². The number of nitrogens with zero attached hydrogens (tertiary/aromatic N) is 2. The first kappa shape index (κ1) is 11.1.